The summed E-state index contributed by atoms with van der Waals surface area (Å²) in [6, 6.07) is 32.9. The third-order valence-corrected chi connectivity index (χ3v) is 9.02. The van der Waals surface area contributed by atoms with Gasteiger partial charge in [0.15, 0.2) is 0 Å². The van der Waals surface area contributed by atoms with Crippen molar-refractivity contribution in [2.45, 2.75) is 0 Å². The first-order valence-corrected chi connectivity index (χ1v) is 16.8. The summed E-state index contributed by atoms with van der Waals surface area (Å²) in [5.41, 5.74) is 14.9. The van der Waals surface area contributed by atoms with Crippen molar-refractivity contribution >= 4 is 22.8 Å². The van der Waals surface area contributed by atoms with E-state index >= 15 is 0 Å². The van der Waals surface area contributed by atoms with Crippen LogP contribution in [0.15, 0.2) is 181 Å². The van der Waals surface area contributed by atoms with Crippen LogP contribution in [0.4, 0.5) is 11.4 Å². The lowest BCUT2D eigenvalue weighted by Gasteiger charge is -2.18. The summed E-state index contributed by atoms with van der Waals surface area (Å²) in [5.74, 6) is 0. The Morgan fingerprint density at radius 1 is 0.269 bits per heavy atom. The molecule has 6 aromatic heterocycles. The number of hydrogen-bond donors (Lipinski definition) is 0. The molecule has 1 aliphatic heterocycles. The van der Waals surface area contributed by atoms with E-state index in [4.69, 9.17) is 9.98 Å². The normalized spacial score (nSPS) is 12.1. The highest BCUT2D eigenvalue weighted by Gasteiger charge is 2.21. The predicted octanol–water partition coefficient (Wildman–Crippen LogP) is 9.38. The van der Waals surface area contributed by atoms with Crippen LogP contribution in [-0.2, 0) is 0 Å². The second-order valence-corrected chi connectivity index (χ2v) is 12.3. The number of nitrogens with zero attached hydrogens (tertiary/aromatic N) is 8. The molecule has 8 heteroatoms. The van der Waals surface area contributed by atoms with Gasteiger partial charge in [-0.15, -0.1) is 0 Å². The maximum absolute atomic E-state index is 5.26. The van der Waals surface area contributed by atoms with Gasteiger partial charge in [-0.2, -0.15) is 0 Å². The van der Waals surface area contributed by atoms with Crippen molar-refractivity contribution in [2.24, 2.45) is 9.98 Å². The Balaban J connectivity index is 1.07. The van der Waals surface area contributed by atoms with E-state index in [0.29, 0.717) is 0 Å². The van der Waals surface area contributed by atoms with Gasteiger partial charge in [-0.1, -0.05) is 60.7 Å². The van der Waals surface area contributed by atoms with E-state index in [0.717, 1.165) is 89.6 Å². The highest BCUT2D eigenvalue weighted by Crippen LogP contribution is 2.34. The Morgan fingerprint density at radius 2 is 0.635 bits per heavy atom. The molecule has 0 bridgehead atoms. The highest BCUT2D eigenvalue weighted by molar-refractivity contribution is 6.22. The van der Waals surface area contributed by atoms with E-state index in [2.05, 4.69) is 90.6 Å². The van der Waals surface area contributed by atoms with E-state index in [1.54, 1.807) is 37.2 Å². The largest absolute Gasteiger partial charge is 0.264 e. The molecule has 0 atom stereocenters. The van der Waals surface area contributed by atoms with Crippen LogP contribution in [0, 0.1) is 0 Å². The van der Waals surface area contributed by atoms with Gasteiger partial charge in [-0.3, -0.25) is 29.9 Å². The molecule has 2 aromatic carbocycles. The molecule has 0 unspecified atom stereocenters. The molecule has 0 N–H and O–H groups in total. The fourth-order valence-corrected chi connectivity index (χ4v) is 6.37. The second kappa shape index (κ2) is 13.5. The molecule has 0 spiro atoms. The smallest absolute Gasteiger partial charge is 0.0914 e. The molecule has 0 amide bonds. The molecular weight excluding hydrogens is 641 g/mol. The summed E-state index contributed by atoms with van der Waals surface area (Å²) >= 11 is 0. The maximum atomic E-state index is 5.26. The van der Waals surface area contributed by atoms with E-state index < -0.39 is 0 Å². The summed E-state index contributed by atoms with van der Waals surface area (Å²) in [6.07, 6.45) is 21.9. The average molecular weight is 669 g/mol. The lowest BCUT2D eigenvalue weighted by atomic mass is 9.95. The first-order valence-electron chi connectivity index (χ1n) is 16.8. The van der Waals surface area contributed by atoms with Crippen LogP contribution >= 0.6 is 0 Å². The van der Waals surface area contributed by atoms with Crippen molar-refractivity contribution in [3.63, 3.8) is 0 Å². The molecule has 0 saturated heterocycles. The van der Waals surface area contributed by atoms with Crippen molar-refractivity contribution in [1.29, 1.82) is 0 Å². The average Bonchev–Trinajstić information content (AvgIpc) is 3.22. The zero-order valence-electron chi connectivity index (χ0n) is 27.7. The number of fused-ring (bicyclic) bond motifs is 2. The first-order chi connectivity index (χ1) is 25.8. The minimum atomic E-state index is 0.730. The number of pyridine rings is 6. The molecular formula is C44H28N8. The molecule has 7 heterocycles. The first kappa shape index (κ1) is 30.7. The number of aromatic nitrogens is 6. The van der Waals surface area contributed by atoms with E-state index in [-0.39, 0.29) is 0 Å². The fourth-order valence-electron chi connectivity index (χ4n) is 6.37. The molecule has 0 aliphatic carbocycles. The third-order valence-electron chi connectivity index (χ3n) is 9.02. The minimum absolute atomic E-state index is 0.730. The molecule has 244 valence electrons. The fraction of sp³-hybridized carbons (Fsp3) is 0. The molecule has 0 fully saturated rings. The standard InChI is InChI=1S/C44H28N8/c1-3-33(21-45-15-1)37-19-35(23-49-25-37)29-5-9-31(10-6-29)43-39-13-17-47-27-41(39)52-44(40-14-18-48-28-42(40)51-43)32-11-7-30(8-12-32)36-20-38(26-50-24-36)34-4-2-16-46-22-34/h1-28H. The Morgan fingerprint density at radius 3 is 1.04 bits per heavy atom. The Hall–Kier alpha value is -7.32. The van der Waals surface area contributed by atoms with Crippen molar-refractivity contribution in [2.75, 3.05) is 0 Å². The molecule has 8 nitrogen and oxygen atoms in total. The van der Waals surface area contributed by atoms with Gasteiger partial charge in [0.05, 0.1) is 35.2 Å². The van der Waals surface area contributed by atoms with E-state index in [9.17, 15) is 0 Å². The summed E-state index contributed by atoms with van der Waals surface area (Å²) in [6.45, 7) is 0. The zero-order valence-corrected chi connectivity index (χ0v) is 27.7. The van der Waals surface area contributed by atoms with Gasteiger partial charge < -0.3 is 0 Å². The van der Waals surface area contributed by atoms with Gasteiger partial charge in [-0.25, -0.2) is 9.98 Å². The van der Waals surface area contributed by atoms with Crippen molar-refractivity contribution in [3.05, 3.63) is 194 Å². The molecule has 0 saturated carbocycles. The lowest BCUT2D eigenvalue weighted by Crippen LogP contribution is -2.10. The van der Waals surface area contributed by atoms with Gasteiger partial charge in [0.2, 0.25) is 0 Å². The van der Waals surface area contributed by atoms with Gasteiger partial charge in [0.25, 0.3) is 0 Å². The number of aliphatic imine (C=N–C) groups is 2. The van der Waals surface area contributed by atoms with Crippen molar-refractivity contribution in [3.8, 4) is 44.5 Å². The van der Waals surface area contributed by atoms with Gasteiger partial charge in [0, 0.05) is 118 Å². The molecule has 52 heavy (non-hydrogen) atoms. The topological polar surface area (TPSA) is 102 Å². The maximum Gasteiger partial charge on any atom is 0.0914 e. The Bertz CT molecular complexity index is 2420. The SMILES string of the molecule is c1cncc(-c2cncc(-c3ccc(C4=Nc5cnccc5C(c5ccc(-c6cncc(-c7cccnc7)c6)cc5)=Nc5cnccc54)cc3)c2)c1. The lowest BCUT2D eigenvalue weighted by molar-refractivity contribution is 1.26. The monoisotopic (exact) mass is 668 g/mol. The number of hydrogen-bond acceptors (Lipinski definition) is 8. The van der Waals surface area contributed by atoms with Gasteiger partial charge in [-0.05, 0) is 47.5 Å². The third kappa shape index (κ3) is 6.05. The quantitative estimate of drug-likeness (QED) is 0.175. The second-order valence-electron chi connectivity index (χ2n) is 12.3. The van der Waals surface area contributed by atoms with Gasteiger partial charge >= 0.3 is 0 Å². The van der Waals surface area contributed by atoms with Crippen LogP contribution in [0.5, 0.6) is 0 Å². The predicted molar refractivity (Wildman–Crippen MR) is 205 cm³/mol. The van der Waals surface area contributed by atoms with Crippen LogP contribution in [0.3, 0.4) is 0 Å². The summed E-state index contributed by atoms with van der Waals surface area (Å²) in [5, 5.41) is 0. The van der Waals surface area contributed by atoms with Crippen LogP contribution in [-0.4, -0.2) is 41.3 Å². The summed E-state index contributed by atoms with van der Waals surface area (Å²) < 4.78 is 0. The highest BCUT2D eigenvalue weighted by atomic mass is 14.9. The zero-order chi connectivity index (χ0) is 34.7. The Kier molecular flexibility index (Phi) is 7.99. The summed E-state index contributed by atoms with van der Waals surface area (Å²) in [4.78, 5) is 37.0. The Labute approximate surface area is 300 Å². The summed E-state index contributed by atoms with van der Waals surface area (Å²) in [7, 11) is 0. The van der Waals surface area contributed by atoms with E-state index in [1.807, 2.05) is 73.6 Å². The van der Waals surface area contributed by atoms with Crippen molar-refractivity contribution < 1.29 is 0 Å². The van der Waals surface area contributed by atoms with E-state index in [1.165, 1.54) is 0 Å². The number of benzene rings is 2. The van der Waals surface area contributed by atoms with Gasteiger partial charge in [0.1, 0.15) is 0 Å². The molecule has 8 aromatic rings. The van der Waals surface area contributed by atoms with Crippen molar-refractivity contribution in [1.82, 2.24) is 29.9 Å². The number of rotatable bonds is 6. The van der Waals surface area contributed by atoms with Crippen LogP contribution in [0.1, 0.15) is 22.3 Å². The molecule has 0 radical (unpaired) electrons. The van der Waals surface area contributed by atoms with Crippen LogP contribution < -0.4 is 0 Å². The van der Waals surface area contributed by atoms with Crippen LogP contribution in [0.25, 0.3) is 44.5 Å². The molecule has 9 rings (SSSR count). The van der Waals surface area contributed by atoms with Crippen LogP contribution in [0.2, 0.25) is 0 Å². The molecule has 1 aliphatic rings. The minimum Gasteiger partial charge on any atom is -0.264 e.